The van der Waals surface area contributed by atoms with Crippen molar-refractivity contribution in [3.8, 4) is 50.2 Å². The number of para-hydroxylation sites is 1. The van der Waals surface area contributed by atoms with Crippen molar-refractivity contribution in [2.24, 2.45) is 0 Å². The monoisotopic (exact) mass is 734 g/mol. The van der Waals surface area contributed by atoms with E-state index in [0.717, 1.165) is 22.4 Å². The molecule has 0 radical (unpaired) electrons. The molecular weight excluding hydrogens is 701 g/mol. The first-order chi connectivity index (χ1) is 28.8. The Kier molecular flexibility index (Phi) is 6.40. The van der Waals surface area contributed by atoms with Crippen LogP contribution in [0.1, 0.15) is 22.5 Å². The number of imidazole rings is 1. The van der Waals surface area contributed by atoms with Gasteiger partial charge >= 0.3 is 0 Å². The van der Waals surface area contributed by atoms with Crippen LogP contribution in [0.5, 0.6) is 0 Å². The van der Waals surface area contributed by atoms with Crippen molar-refractivity contribution in [1.82, 2.24) is 9.55 Å². The van der Waals surface area contributed by atoms with E-state index >= 15 is 0 Å². The van der Waals surface area contributed by atoms with E-state index in [1.165, 1.54) is 93.6 Å². The molecule has 268 valence electrons. The molecule has 1 spiro atoms. The molecule has 10 aromatic carbocycles. The van der Waals surface area contributed by atoms with Crippen LogP contribution in [0.15, 0.2) is 206 Å². The van der Waals surface area contributed by atoms with Crippen LogP contribution in [0.3, 0.4) is 0 Å². The first kappa shape index (κ1) is 31.6. The van der Waals surface area contributed by atoms with E-state index in [0.29, 0.717) is 0 Å². The zero-order valence-electron chi connectivity index (χ0n) is 31.5. The summed E-state index contributed by atoms with van der Waals surface area (Å²) in [6.07, 6.45) is 0. The summed E-state index contributed by atoms with van der Waals surface area (Å²) in [6, 6.07) is 75.9. The van der Waals surface area contributed by atoms with Crippen LogP contribution in [0, 0.1) is 0 Å². The summed E-state index contributed by atoms with van der Waals surface area (Å²) < 4.78 is 2.41. The Morgan fingerprint density at radius 2 is 0.776 bits per heavy atom. The van der Waals surface area contributed by atoms with Gasteiger partial charge in [-0.3, -0.25) is 4.57 Å². The molecule has 0 saturated heterocycles. The predicted molar refractivity (Wildman–Crippen MR) is 241 cm³/mol. The number of fused-ring (bicyclic) bond motifs is 18. The number of hydrogen-bond donors (Lipinski definition) is 0. The van der Waals surface area contributed by atoms with Gasteiger partial charge in [0.05, 0.1) is 16.7 Å². The van der Waals surface area contributed by atoms with Crippen LogP contribution < -0.4 is 0 Å². The van der Waals surface area contributed by atoms with Crippen molar-refractivity contribution in [1.29, 1.82) is 0 Å². The zero-order valence-corrected chi connectivity index (χ0v) is 31.5. The summed E-state index contributed by atoms with van der Waals surface area (Å²) in [4.78, 5) is 5.57. The lowest BCUT2D eigenvalue weighted by atomic mass is 9.73. The minimum Gasteiger partial charge on any atom is -0.295 e. The Bertz CT molecular complexity index is 3450. The fourth-order valence-electron chi connectivity index (χ4n) is 10.5. The van der Waals surface area contributed by atoms with Crippen molar-refractivity contribution in [2.45, 2.75) is 5.41 Å². The average molecular weight is 735 g/mol. The van der Waals surface area contributed by atoms with Crippen LogP contribution in [-0.4, -0.2) is 9.55 Å². The molecule has 1 aromatic heterocycles. The highest BCUT2D eigenvalue weighted by atomic mass is 15.1. The van der Waals surface area contributed by atoms with E-state index in [2.05, 4.69) is 211 Å². The molecule has 0 amide bonds. The molecule has 0 atom stereocenters. The van der Waals surface area contributed by atoms with Gasteiger partial charge in [-0.15, -0.1) is 0 Å². The molecule has 0 N–H and O–H groups in total. The van der Waals surface area contributed by atoms with E-state index < -0.39 is 5.41 Å². The van der Waals surface area contributed by atoms with Gasteiger partial charge in [0.25, 0.3) is 0 Å². The summed E-state index contributed by atoms with van der Waals surface area (Å²) in [7, 11) is 0. The van der Waals surface area contributed by atoms with Crippen molar-refractivity contribution in [3.05, 3.63) is 229 Å². The summed E-state index contributed by atoms with van der Waals surface area (Å²) in [5, 5.41) is 7.76. The SMILES string of the molecule is c1cc(-c2cccc(-c3ccc4c5ccccc5c5ccccc5c4c3)c2)cc(-c2ccc3c(c2)nc2n3-c3ccccc3C23c2ccccc2-c2ccccc23)c1. The fraction of sp³-hybridized carbons (Fsp3) is 0.0179. The molecule has 0 fully saturated rings. The first-order valence-corrected chi connectivity index (χ1v) is 20.1. The van der Waals surface area contributed by atoms with Crippen LogP contribution in [0.2, 0.25) is 0 Å². The van der Waals surface area contributed by atoms with Crippen molar-refractivity contribution < 1.29 is 0 Å². The lowest BCUT2D eigenvalue weighted by Gasteiger charge is -2.27. The minimum absolute atomic E-state index is 0.472. The third-order valence-electron chi connectivity index (χ3n) is 13.0. The topological polar surface area (TPSA) is 17.8 Å². The minimum atomic E-state index is -0.472. The van der Waals surface area contributed by atoms with Gasteiger partial charge in [-0.1, -0.05) is 170 Å². The van der Waals surface area contributed by atoms with Gasteiger partial charge in [0.2, 0.25) is 0 Å². The fourth-order valence-corrected chi connectivity index (χ4v) is 10.5. The maximum atomic E-state index is 5.57. The van der Waals surface area contributed by atoms with Crippen molar-refractivity contribution in [3.63, 3.8) is 0 Å². The summed E-state index contributed by atoms with van der Waals surface area (Å²) >= 11 is 0. The maximum absolute atomic E-state index is 5.57. The van der Waals surface area contributed by atoms with Gasteiger partial charge in [-0.2, -0.15) is 0 Å². The number of rotatable bonds is 3. The zero-order chi connectivity index (χ0) is 38.0. The van der Waals surface area contributed by atoms with Gasteiger partial charge in [0.1, 0.15) is 11.2 Å². The Morgan fingerprint density at radius 3 is 1.38 bits per heavy atom. The Balaban J connectivity index is 0.915. The van der Waals surface area contributed by atoms with Gasteiger partial charge < -0.3 is 0 Å². The predicted octanol–water partition coefficient (Wildman–Crippen LogP) is 14.2. The molecule has 11 aromatic rings. The molecular formula is C56H34N2. The lowest BCUT2D eigenvalue weighted by Crippen LogP contribution is -2.27. The molecule has 0 unspecified atom stereocenters. The van der Waals surface area contributed by atoms with Crippen LogP contribution >= 0.6 is 0 Å². The number of hydrogen-bond acceptors (Lipinski definition) is 1. The molecule has 1 aliphatic heterocycles. The second-order valence-corrected chi connectivity index (χ2v) is 15.8. The van der Waals surface area contributed by atoms with Crippen LogP contribution in [-0.2, 0) is 5.41 Å². The van der Waals surface area contributed by atoms with E-state index in [1.54, 1.807) is 0 Å². The standard InChI is InChI=1S/C56H34N2/c1-2-19-43-41(17-1)42-18-3-4-20-44(42)48-33-39(27-29-45(43)48)37-15-11-13-35(31-37)36-14-12-16-38(32-36)40-28-30-54-52(34-40)57-55-56(51-25-9-10-26-53(51)58(54)55)49-23-7-5-21-46(49)47-22-6-8-24-50(47)56/h1-34H. The van der Waals surface area contributed by atoms with Gasteiger partial charge in [0.15, 0.2) is 0 Å². The molecule has 2 heteroatoms. The molecule has 0 bridgehead atoms. The van der Waals surface area contributed by atoms with Gasteiger partial charge in [-0.05, 0) is 130 Å². The molecule has 13 rings (SSSR count). The van der Waals surface area contributed by atoms with Crippen LogP contribution in [0.25, 0.3) is 93.5 Å². The highest BCUT2D eigenvalue weighted by Crippen LogP contribution is 2.60. The molecule has 1 aliphatic carbocycles. The van der Waals surface area contributed by atoms with E-state index in [9.17, 15) is 0 Å². The van der Waals surface area contributed by atoms with Crippen LogP contribution in [0.4, 0.5) is 0 Å². The molecule has 2 heterocycles. The number of aromatic nitrogens is 2. The van der Waals surface area contributed by atoms with Gasteiger partial charge in [0, 0.05) is 0 Å². The third-order valence-corrected chi connectivity index (χ3v) is 13.0. The van der Waals surface area contributed by atoms with Crippen molar-refractivity contribution >= 4 is 43.4 Å². The van der Waals surface area contributed by atoms with E-state index in [1.807, 2.05) is 0 Å². The highest BCUT2D eigenvalue weighted by Gasteiger charge is 2.54. The Hall–Kier alpha value is -7.55. The average Bonchev–Trinajstić information content (AvgIpc) is 3.92. The first-order valence-electron chi connectivity index (χ1n) is 20.1. The summed E-state index contributed by atoms with van der Waals surface area (Å²) in [5.74, 6) is 1.07. The Morgan fingerprint density at radius 1 is 0.328 bits per heavy atom. The Labute approximate surface area is 335 Å². The maximum Gasteiger partial charge on any atom is 0.134 e. The van der Waals surface area contributed by atoms with E-state index in [-0.39, 0.29) is 0 Å². The normalized spacial score (nSPS) is 13.3. The highest BCUT2D eigenvalue weighted by molar-refractivity contribution is 6.25. The second-order valence-electron chi connectivity index (χ2n) is 15.8. The second kappa shape index (κ2) is 11.7. The smallest absolute Gasteiger partial charge is 0.134 e. The summed E-state index contributed by atoms with van der Waals surface area (Å²) in [5.41, 5.74) is 16.5. The third kappa shape index (κ3) is 4.18. The van der Waals surface area contributed by atoms with Gasteiger partial charge in [-0.25, -0.2) is 4.98 Å². The van der Waals surface area contributed by atoms with E-state index in [4.69, 9.17) is 4.98 Å². The van der Waals surface area contributed by atoms with Crippen molar-refractivity contribution in [2.75, 3.05) is 0 Å². The number of benzene rings is 10. The lowest BCUT2D eigenvalue weighted by molar-refractivity contribution is 0.738. The molecule has 0 saturated carbocycles. The molecule has 2 aliphatic rings. The molecule has 58 heavy (non-hydrogen) atoms. The molecule has 2 nitrogen and oxygen atoms in total. The number of nitrogens with zero attached hydrogens (tertiary/aromatic N) is 2. The largest absolute Gasteiger partial charge is 0.295 e. The quantitative estimate of drug-likeness (QED) is 0.165. The summed E-state index contributed by atoms with van der Waals surface area (Å²) in [6.45, 7) is 0.